The van der Waals surface area contributed by atoms with Crippen molar-refractivity contribution in [1.29, 1.82) is 0 Å². The molecular formula is C21H19ClN4O4. The van der Waals surface area contributed by atoms with E-state index in [1.807, 2.05) is 30.3 Å². The second-order valence-corrected chi connectivity index (χ2v) is 6.60. The highest BCUT2D eigenvalue weighted by atomic mass is 35.5. The summed E-state index contributed by atoms with van der Waals surface area (Å²) >= 11 is 5.68. The number of nitro benzene ring substituents is 1. The number of halogens is 1. The molecule has 0 radical (unpaired) electrons. The molecule has 0 fully saturated rings. The Morgan fingerprint density at radius 1 is 0.967 bits per heavy atom. The van der Waals surface area contributed by atoms with Gasteiger partial charge in [0, 0.05) is 41.8 Å². The molecule has 0 unspecified atom stereocenters. The fraction of sp³-hybridized carbons (Fsp3) is 0.143. The zero-order valence-electron chi connectivity index (χ0n) is 16.1. The van der Waals surface area contributed by atoms with Gasteiger partial charge in [0.2, 0.25) is 5.88 Å². The predicted octanol–water partition coefficient (Wildman–Crippen LogP) is 4.64. The number of hydrogen-bond donors (Lipinski definition) is 1. The minimum absolute atomic E-state index is 0.0571. The van der Waals surface area contributed by atoms with Gasteiger partial charge in [0.05, 0.1) is 22.6 Å². The Balaban J connectivity index is 0.000000172. The highest BCUT2D eigenvalue weighted by Gasteiger charge is 2.06. The molecule has 154 valence electrons. The molecule has 0 saturated carbocycles. The van der Waals surface area contributed by atoms with Gasteiger partial charge >= 0.3 is 0 Å². The van der Waals surface area contributed by atoms with Gasteiger partial charge < -0.3 is 15.2 Å². The van der Waals surface area contributed by atoms with Crippen LogP contribution in [0.25, 0.3) is 21.8 Å². The Morgan fingerprint density at radius 2 is 1.67 bits per heavy atom. The molecular weight excluding hydrogens is 408 g/mol. The Bertz CT molecular complexity index is 1190. The van der Waals surface area contributed by atoms with E-state index in [-0.39, 0.29) is 5.69 Å². The molecule has 0 saturated heterocycles. The van der Waals surface area contributed by atoms with Crippen LogP contribution in [0.3, 0.4) is 0 Å². The van der Waals surface area contributed by atoms with E-state index in [2.05, 4.69) is 9.97 Å². The summed E-state index contributed by atoms with van der Waals surface area (Å²) in [6, 6.07) is 17.1. The Hall–Kier alpha value is -3.49. The van der Waals surface area contributed by atoms with Crippen LogP contribution in [0.4, 0.5) is 11.4 Å². The lowest BCUT2D eigenvalue weighted by Crippen LogP contribution is -2.05. The number of rotatable bonds is 5. The van der Waals surface area contributed by atoms with Gasteiger partial charge in [-0.15, -0.1) is 0 Å². The lowest BCUT2D eigenvalue weighted by Gasteiger charge is -2.05. The van der Waals surface area contributed by atoms with E-state index in [4.69, 9.17) is 26.8 Å². The quantitative estimate of drug-likeness (QED) is 0.162. The van der Waals surface area contributed by atoms with E-state index in [9.17, 15) is 10.1 Å². The Morgan fingerprint density at radius 3 is 2.43 bits per heavy atom. The third kappa shape index (κ3) is 5.53. The molecule has 2 aromatic carbocycles. The van der Waals surface area contributed by atoms with Gasteiger partial charge in [-0.2, -0.15) is 0 Å². The number of fused-ring (bicyclic) bond motifs is 2. The normalized spacial score (nSPS) is 10.5. The summed E-state index contributed by atoms with van der Waals surface area (Å²) in [5, 5.41) is 12.6. The Labute approximate surface area is 177 Å². The van der Waals surface area contributed by atoms with Crippen LogP contribution in [-0.2, 0) is 4.74 Å². The minimum Gasteiger partial charge on any atom is -0.475 e. The topological polar surface area (TPSA) is 113 Å². The average molecular weight is 427 g/mol. The van der Waals surface area contributed by atoms with Crippen molar-refractivity contribution in [1.82, 2.24) is 9.97 Å². The number of nitrogens with zero attached hydrogens (tertiary/aromatic N) is 3. The fourth-order valence-corrected chi connectivity index (χ4v) is 2.79. The van der Waals surface area contributed by atoms with Crippen LogP contribution < -0.4 is 10.5 Å². The maximum atomic E-state index is 10.5. The summed E-state index contributed by atoms with van der Waals surface area (Å²) in [7, 11) is 1.64. The molecule has 4 aromatic rings. The second kappa shape index (κ2) is 9.82. The van der Waals surface area contributed by atoms with Gasteiger partial charge in [-0.05, 0) is 42.5 Å². The first kappa shape index (κ1) is 21.2. The van der Waals surface area contributed by atoms with Crippen LogP contribution in [0, 0.1) is 10.1 Å². The number of pyridine rings is 2. The van der Waals surface area contributed by atoms with Gasteiger partial charge in [-0.1, -0.05) is 11.6 Å². The third-order valence-electron chi connectivity index (χ3n) is 4.07. The number of non-ortho nitro benzene ring substituents is 1. The number of hydrogen-bond acceptors (Lipinski definition) is 7. The lowest BCUT2D eigenvalue weighted by atomic mass is 10.2. The maximum absolute atomic E-state index is 10.5. The lowest BCUT2D eigenvalue weighted by molar-refractivity contribution is -0.384. The summed E-state index contributed by atoms with van der Waals surface area (Å²) in [6.45, 7) is 1.06. The second-order valence-electron chi connectivity index (χ2n) is 6.21. The molecule has 30 heavy (non-hydrogen) atoms. The van der Waals surface area contributed by atoms with Crippen LogP contribution in [0.1, 0.15) is 0 Å². The van der Waals surface area contributed by atoms with Crippen molar-refractivity contribution >= 4 is 44.8 Å². The third-order valence-corrected chi connectivity index (χ3v) is 4.29. The Kier molecular flexibility index (Phi) is 6.95. The molecule has 2 N–H and O–H groups in total. The number of nitro groups is 1. The van der Waals surface area contributed by atoms with E-state index < -0.39 is 4.92 Å². The first-order valence-electron chi connectivity index (χ1n) is 8.95. The average Bonchev–Trinajstić information content (AvgIpc) is 2.74. The van der Waals surface area contributed by atoms with Crippen molar-refractivity contribution in [2.24, 2.45) is 0 Å². The molecule has 4 rings (SSSR count). The van der Waals surface area contributed by atoms with Crippen molar-refractivity contribution in [3.05, 3.63) is 75.9 Å². The van der Waals surface area contributed by atoms with Crippen molar-refractivity contribution in [2.75, 3.05) is 26.1 Å². The van der Waals surface area contributed by atoms with Crippen LogP contribution >= 0.6 is 11.6 Å². The van der Waals surface area contributed by atoms with Gasteiger partial charge in [0.1, 0.15) is 11.8 Å². The van der Waals surface area contributed by atoms with E-state index in [0.29, 0.717) is 35.1 Å². The zero-order valence-corrected chi connectivity index (χ0v) is 16.9. The molecule has 0 bridgehead atoms. The monoisotopic (exact) mass is 426 g/mol. The van der Waals surface area contributed by atoms with Crippen molar-refractivity contribution in [2.45, 2.75) is 0 Å². The van der Waals surface area contributed by atoms with Gasteiger partial charge in [-0.3, -0.25) is 10.1 Å². The number of nitrogen functional groups attached to an aromatic ring is 1. The van der Waals surface area contributed by atoms with E-state index in [0.717, 1.165) is 16.6 Å². The molecule has 2 heterocycles. The van der Waals surface area contributed by atoms with Gasteiger partial charge in [-0.25, -0.2) is 9.97 Å². The van der Waals surface area contributed by atoms with E-state index in [1.54, 1.807) is 25.3 Å². The molecule has 0 aliphatic carbocycles. The molecule has 0 amide bonds. The smallest absolute Gasteiger partial charge is 0.270 e. The summed E-state index contributed by atoms with van der Waals surface area (Å²) < 4.78 is 10.3. The minimum atomic E-state index is -0.436. The largest absolute Gasteiger partial charge is 0.475 e. The number of anilines is 1. The molecule has 0 aliphatic rings. The molecule has 9 heteroatoms. The van der Waals surface area contributed by atoms with E-state index >= 15 is 0 Å². The number of aromatic nitrogens is 2. The molecule has 0 aliphatic heterocycles. The van der Waals surface area contributed by atoms with Crippen molar-refractivity contribution < 1.29 is 14.4 Å². The van der Waals surface area contributed by atoms with Crippen LogP contribution in [0.5, 0.6) is 5.88 Å². The highest BCUT2D eigenvalue weighted by Crippen LogP contribution is 2.21. The van der Waals surface area contributed by atoms with E-state index in [1.165, 1.54) is 12.1 Å². The van der Waals surface area contributed by atoms with Crippen LogP contribution in [0.2, 0.25) is 5.15 Å². The fourth-order valence-electron chi connectivity index (χ4n) is 2.64. The number of ether oxygens (including phenoxy) is 2. The number of nitrogens with two attached hydrogens (primary N) is 1. The number of methoxy groups -OCH3 is 1. The zero-order chi connectivity index (χ0) is 21.5. The first-order valence-corrected chi connectivity index (χ1v) is 9.33. The SMILES string of the molecule is COCCOc1ccc2cc(N)ccc2n1.O=[N+]([O-])c1ccc2nc(Cl)ccc2c1. The summed E-state index contributed by atoms with van der Waals surface area (Å²) in [5.41, 5.74) is 8.01. The highest BCUT2D eigenvalue weighted by molar-refractivity contribution is 6.29. The van der Waals surface area contributed by atoms with Gasteiger partial charge in [0.15, 0.2) is 0 Å². The van der Waals surface area contributed by atoms with Gasteiger partial charge in [0.25, 0.3) is 5.69 Å². The molecule has 0 spiro atoms. The van der Waals surface area contributed by atoms with Crippen molar-refractivity contribution in [3.63, 3.8) is 0 Å². The summed E-state index contributed by atoms with van der Waals surface area (Å²) in [6.07, 6.45) is 0. The number of benzene rings is 2. The standard InChI is InChI=1S/C12H14N2O2.C9H5ClN2O2/c1-15-6-7-16-12-5-2-9-8-10(13)3-4-11(9)14-12;10-9-4-1-6-5-7(12(13)14)2-3-8(6)11-9/h2-5,8H,6-7,13H2,1H3;1-5H. The first-order chi connectivity index (χ1) is 14.5. The van der Waals surface area contributed by atoms with Crippen molar-refractivity contribution in [3.8, 4) is 5.88 Å². The predicted molar refractivity (Wildman–Crippen MR) is 117 cm³/mol. The maximum Gasteiger partial charge on any atom is 0.270 e. The van der Waals surface area contributed by atoms with Crippen LogP contribution in [0.15, 0.2) is 60.7 Å². The molecule has 0 atom stereocenters. The van der Waals surface area contributed by atoms with Crippen LogP contribution in [-0.4, -0.2) is 35.2 Å². The molecule has 2 aromatic heterocycles. The summed E-state index contributed by atoms with van der Waals surface area (Å²) in [4.78, 5) is 18.4. The summed E-state index contributed by atoms with van der Waals surface area (Å²) in [5.74, 6) is 0.606. The molecule has 8 nitrogen and oxygen atoms in total.